The zero-order valence-corrected chi connectivity index (χ0v) is 40.1. The van der Waals surface area contributed by atoms with Crippen molar-refractivity contribution in [2.24, 2.45) is 0 Å². The normalized spacial score (nSPS) is 20.5. The van der Waals surface area contributed by atoms with Crippen LogP contribution >= 0.6 is 0 Å². The number of aliphatic hydroxyl groups is 5. The number of amides is 1. The molecule has 62 heavy (non-hydrogen) atoms. The van der Waals surface area contributed by atoms with Crippen LogP contribution in [0.4, 0.5) is 0 Å². The lowest BCUT2D eigenvalue weighted by atomic mass is 9.99. The molecule has 6 N–H and O–H groups in total. The molecule has 7 unspecified atom stereocenters. The van der Waals surface area contributed by atoms with E-state index in [2.05, 4.69) is 55.6 Å². The Morgan fingerprint density at radius 2 is 0.952 bits per heavy atom. The van der Waals surface area contributed by atoms with E-state index in [0.29, 0.717) is 12.8 Å². The predicted octanol–water partition coefficient (Wildman–Crippen LogP) is 12.0. The van der Waals surface area contributed by atoms with E-state index in [4.69, 9.17) is 9.47 Å². The Bertz CT molecular complexity index is 1070. The van der Waals surface area contributed by atoms with E-state index in [1.54, 1.807) is 0 Å². The van der Waals surface area contributed by atoms with Gasteiger partial charge in [0.1, 0.15) is 24.4 Å². The molecular formula is C53H99NO8. The van der Waals surface area contributed by atoms with Crippen molar-refractivity contribution in [3.05, 3.63) is 36.5 Å². The third kappa shape index (κ3) is 33.0. The van der Waals surface area contributed by atoms with Crippen LogP contribution in [0.1, 0.15) is 239 Å². The van der Waals surface area contributed by atoms with E-state index in [9.17, 15) is 30.3 Å². The van der Waals surface area contributed by atoms with Crippen LogP contribution in [-0.2, 0) is 14.3 Å². The summed E-state index contributed by atoms with van der Waals surface area (Å²) in [5.41, 5.74) is 0. The number of allylic oxidation sites excluding steroid dienone is 6. The molecule has 1 rings (SSSR count). The summed E-state index contributed by atoms with van der Waals surface area (Å²) in [6.45, 7) is 3.82. The third-order valence-corrected chi connectivity index (χ3v) is 12.5. The number of unbranched alkanes of at least 4 members (excludes halogenated alkanes) is 28. The molecule has 0 saturated carbocycles. The maximum absolute atomic E-state index is 13.0. The van der Waals surface area contributed by atoms with E-state index < -0.39 is 49.5 Å². The lowest BCUT2D eigenvalue weighted by Crippen LogP contribution is -2.60. The Kier molecular flexibility index (Phi) is 40.8. The molecule has 0 aliphatic carbocycles. The molecule has 9 heteroatoms. The van der Waals surface area contributed by atoms with Gasteiger partial charge in [-0.15, -0.1) is 0 Å². The first-order valence-corrected chi connectivity index (χ1v) is 26.2. The highest BCUT2D eigenvalue weighted by molar-refractivity contribution is 5.76. The van der Waals surface area contributed by atoms with Gasteiger partial charge < -0.3 is 40.3 Å². The highest BCUT2D eigenvalue weighted by atomic mass is 16.7. The Labute approximate surface area is 381 Å². The van der Waals surface area contributed by atoms with Crippen molar-refractivity contribution in [3.63, 3.8) is 0 Å². The Balaban J connectivity index is 2.28. The second-order valence-corrected chi connectivity index (χ2v) is 18.3. The van der Waals surface area contributed by atoms with Crippen molar-refractivity contribution in [3.8, 4) is 0 Å². The van der Waals surface area contributed by atoms with Gasteiger partial charge in [-0.1, -0.05) is 217 Å². The fraction of sp³-hybridized carbons (Fsp3) is 0.868. The molecule has 7 atom stereocenters. The molecule has 0 aromatic rings. The number of hydrogen-bond acceptors (Lipinski definition) is 8. The molecular weight excluding hydrogens is 779 g/mol. The first kappa shape index (κ1) is 58.4. The second kappa shape index (κ2) is 43.3. The van der Waals surface area contributed by atoms with Crippen LogP contribution in [-0.4, -0.2) is 87.5 Å². The molecule has 0 aromatic heterocycles. The third-order valence-electron chi connectivity index (χ3n) is 12.5. The lowest BCUT2D eigenvalue weighted by molar-refractivity contribution is -0.302. The van der Waals surface area contributed by atoms with Crippen LogP contribution < -0.4 is 5.32 Å². The van der Waals surface area contributed by atoms with Gasteiger partial charge in [-0.25, -0.2) is 0 Å². The number of aliphatic hydroxyl groups excluding tert-OH is 5. The predicted molar refractivity (Wildman–Crippen MR) is 258 cm³/mol. The van der Waals surface area contributed by atoms with E-state index in [1.807, 2.05) is 0 Å². The molecule has 9 nitrogen and oxygen atoms in total. The van der Waals surface area contributed by atoms with Crippen molar-refractivity contribution < 1.29 is 39.8 Å². The maximum Gasteiger partial charge on any atom is 0.220 e. The van der Waals surface area contributed by atoms with E-state index in [-0.39, 0.29) is 12.5 Å². The summed E-state index contributed by atoms with van der Waals surface area (Å²) in [7, 11) is 0. The average molecular weight is 878 g/mol. The fourth-order valence-corrected chi connectivity index (χ4v) is 8.29. The number of nitrogens with one attached hydrogen (secondary N) is 1. The Morgan fingerprint density at radius 3 is 1.44 bits per heavy atom. The number of carbonyl (C=O) groups excluding carboxylic acids is 1. The van der Waals surface area contributed by atoms with Crippen LogP contribution in [0.25, 0.3) is 0 Å². The minimum atomic E-state index is -1.56. The molecule has 0 spiro atoms. The fourth-order valence-electron chi connectivity index (χ4n) is 8.29. The van der Waals surface area contributed by atoms with Crippen molar-refractivity contribution >= 4 is 5.91 Å². The van der Waals surface area contributed by atoms with Gasteiger partial charge in [0.2, 0.25) is 5.91 Å². The summed E-state index contributed by atoms with van der Waals surface area (Å²) in [6.07, 6.45) is 47.2. The smallest absolute Gasteiger partial charge is 0.220 e. The molecule has 0 radical (unpaired) electrons. The van der Waals surface area contributed by atoms with E-state index in [1.165, 1.54) is 148 Å². The number of carbonyl (C=O) groups is 1. The number of hydrogen-bond donors (Lipinski definition) is 6. The van der Waals surface area contributed by atoms with Crippen LogP contribution in [0.15, 0.2) is 36.5 Å². The van der Waals surface area contributed by atoms with Gasteiger partial charge >= 0.3 is 0 Å². The summed E-state index contributed by atoms with van der Waals surface area (Å²) < 4.78 is 11.3. The maximum atomic E-state index is 13.0. The average Bonchev–Trinajstić information content (AvgIpc) is 3.27. The second-order valence-electron chi connectivity index (χ2n) is 18.3. The molecule has 1 heterocycles. The van der Waals surface area contributed by atoms with E-state index >= 15 is 0 Å². The summed E-state index contributed by atoms with van der Waals surface area (Å²) in [4.78, 5) is 13.0. The van der Waals surface area contributed by atoms with Crippen molar-refractivity contribution in [1.82, 2.24) is 5.32 Å². The summed E-state index contributed by atoms with van der Waals surface area (Å²) in [5, 5.41) is 54.5. The van der Waals surface area contributed by atoms with Gasteiger partial charge in [0.25, 0.3) is 0 Å². The largest absolute Gasteiger partial charge is 0.394 e. The highest BCUT2D eigenvalue weighted by Gasteiger charge is 2.44. The summed E-state index contributed by atoms with van der Waals surface area (Å²) >= 11 is 0. The topological polar surface area (TPSA) is 149 Å². The van der Waals surface area contributed by atoms with Crippen molar-refractivity contribution in [2.45, 2.75) is 281 Å². The van der Waals surface area contributed by atoms with Crippen molar-refractivity contribution in [2.75, 3.05) is 13.2 Å². The molecule has 1 aliphatic heterocycles. The molecule has 1 aliphatic rings. The Morgan fingerprint density at radius 1 is 0.548 bits per heavy atom. The first-order chi connectivity index (χ1) is 30.3. The minimum Gasteiger partial charge on any atom is -0.394 e. The van der Waals surface area contributed by atoms with Crippen LogP contribution in [0.5, 0.6) is 0 Å². The first-order valence-electron chi connectivity index (χ1n) is 26.2. The van der Waals surface area contributed by atoms with Crippen LogP contribution in [0, 0.1) is 0 Å². The SMILES string of the molecule is CCCCC/C=C\C/C=C\C/C=C\CCCCCCCCC(=O)NC(COC1OC(CO)C(O)C(O)C1O)C(O)CCCCCCCCCCCCCCCCCCCCCC. The van der Waals surface area contributed by atoms with Crippen LogP contribution in [0.2, 0.25) is 0 Å². The molecule has 0 aromatic carbocycles. The standard InChI is InChI=1S/C53H99NO8/c1-3-5-7-9-11-13-15-17-19-21-23-25-26-28-30-32-34-36-38-40-42-47(56)46(45-61-53-52(60)51(59)50(58)48(44-55)62-53)54-49(57)43-41-39-37-35-33-31-29-27-24-22-20-18-16-14-12-10-8-6-4-2/h12,14,18,20,24,27,46-48,50-53,55-56,58-60H,3-11,13,15-17,19,21-23,25-26,28-45H2,1-2H3,(H,54,57)/b14-12-,20-18-,27-24-. The number of rotatable bonds is 44. The quantitative estimate of drug-likeness (QED) is 0.0262. The van der Waals surface area contributed by atoms with Gasteiger partial charge in [0.05, 0.1) is 25.4 Å². The van der Waals surface area contributed by atoms with Crippen LogP contribution in [0.3, 0.4) is 0 Å². The van der Waals surface area contributed by atoms with Crippen molar-refractivity contribution in [1.29, 1.82) is 0 Å². The Hall–Kier alpha value is -1.59. The lowest BCUT2D eigenvalue weighted by Gasteiger charge is -2.40. The van der Waals surface area contributed by atoms with Gasteiger partial charge in [0.15, 0.2) is 6.29 Å². The minimum absolute atomic E-state index is 0.143. The molecule has 1 saturated heterocycles. The van der Waals surface area contributed by atoms with Gasteiger partial charge in [-0.3, -0.25) is 4.79 Å². The monoisotopic (exact) mass is 878 g/mol. The zero-order chi connectivity index (χ0) is 45.1. The summed E-state index contributed by atoms with van der Waals surface area (Å²) in [6, 6.07) is -0.726. The molecule has 0 bridgehead atoms. The molecule has 364 valence electrons. The van der Waals surface area contributed by atoms with Gasteiger partial charge in [0, 0.05) is 6.42 Å². The molecule has 1 fully saturated rings. The highest BCUT2D eigenvalue weighted by Crippen LogP contribution is 2.23. The summed E-state index contributed by atoms with van der Waals surface area (Å²) in [5.74, 6) is -0.155. The van der Waals surface area contributed by atoms with E-state index in [0.717, 1.165) is 64.2 Å². The number of ether oxygens (including phenoxy) is 2. The van der Waals surface area contributed by atoms with Gasteiger partial charge in [-0.05, 0) is 51.4 Å². The molecule has 1 amide bonds. The zero-order valence-electron chi connectivity index (χ0n) is 40.1. The van der Waals surface area contributed by atoms with Gasteiger partial charge in [-0.2, -0.15) is 0 Å².